The monoisotopic (exact) mass is 237 g/mol. The van der Waals surface area contributed by atoms with Crippen LogP contribution in [0.3, 0.4) is 0 Å². The number of rotatable bonds is 4. The summed E-state index contributed by atoms with van der Waals surface area (Å²) in [6, 6.07) is 8.36. The molecule has 0 amide bonds. The van der Waals surface area contributed by atoms with Crippen molar-refractivity contribution < 1.29 is 0 Å². The maximum Gasteiger partial charge on any atom is 0.105 e. The van der Waals surface area contributed by atoms with Crippen molar-refractivity contribution in [2.45, 2.75) is 5.75 Å². The van der Waals surface area contributed by atoms with E-state index < -0.39 is 0 Å². The van der Waals surface area contributed by atoms with Crippen molar-refractivity contribution in [2.75, 3.05) is 5.88 Å². The number of hydrogen-bond acceptors (Lipinski definition) is 5. The van der Waals surface area contributed by atoms with E-state index in [1.54, 1.807) is 11.8 Å². The summed E-state index contributed by atoms with van der Waals surface area (Å²) in [6.07, 6.45) is 0. The van der Waals surface area contributed by atoms with Gasteiger partial charge in [-0.25, -0.2) is 0 Å². The van der Waals surface area contributed by atoms with E-state index in [-0.39, 0.29) is 0 Å². The second-order valence-corrected chi connectivity index (χ2v) is 4.64. The van der Waals surface area contributed by atoms with Gasteiger partial charge in [-0.05, 0) is 17.1 Å². The van der Waals surface area contributed by atoms with Crippen LogP contribution in [0.2, 0.25) is 0 Å². The number of benzene rings is 1. The number of nitrogens with zero attached hydrogens (tertiary/aromatic N) is 2. The van der Waals surface area contributed by atoms with E-state index in [0.29, 0.717) is 5.88 Å². The maximum absolute atomic E-state index is 5.43. The Bertz CT molecular complexity index is 397. The largest absolute Gasteiger partial charge is 0.322 e. The van der Waals surface area contributed by atoms with Gasteiger partial charge in [0.1, 0.15) is 5.69 Å². The SMILES string of the molecule is NCSCc1ccc(-c2csnn2)cc1. The van der Waals surface area contributed by atoms with Gasteiger partial charge in [-0.3, -0.25) is 0 Å². The molecule has 2 N–H and O–H groups in total. The fraction of sp³-hybridized carbons (Fsp3) is 0.200. The summed E-state index contributed by atoms with van der Waals surface area (Å²) < 4.78 is 3.84. The summed E-state index contributed by atoms with van der Waals surface area (Å²) in [5.41, 5.74) is 8.78. The van der Waals surface area contributed by atoms with Gasteiger partial charge in [0.15, 0.2) is 0 Å². The van der Waals surface area contributed by atoms with Crippen molar-refractivity contribution in [2.24, 2.45) is 5.73 Å². The minimum Gasteiger partial charge on any atom is -0.322 e. The lowest BCUT2D eigenvalue weighted by Gasteiger charge is -2.00. The topological polar surface area (TPSA) is 51.8 Å². The van der Waals surface area contributed by atoms with Gasteiger partial charge in [0, 0.05) is 22.6 Å². The van der Waals surface area contributed by atoms with Crippen LogP contribution in [-0.4, -0.2) is 15.5 Å². The minimum absolute atomic E-state index is 0.664. The van der Waals surface area contributed by atoms with Crippen molar-refractivity contribution in [3.8, 4) is 11.3 Å². The molecule has 0 atom stereocenters. The van der Waals surface area contributed by atoms with Crippen molar-refractivity contribution in [1.29, 1.82) is 0 Å². The fourth-order valence-corrected chi connectivity index (χ4v) is 2.25. The first-order valence-electron chi connectivity index (χ1n) is 4.54. The summed E-state index contributed by atoms with van der Waals surface area (Å²) in [5.74, 6) is 1.63. The van der Waals surface area contributed by atoms with Crippen LogP contribution in [0.15, 0.2) is 29.6 Å². The molecular formula is C10H11N3S2. The summed E-state index contributed by atoms with van der Waals surface area (Å²) >= 11 is 3.09. The fourth-order valence-electron chi connectivity index (χ4n) is 1.24. The number of nitrogens with two attached hydrogens (primary N) is 1. The summed E-state index contributed by atoms with van der Waals surface area (Å²) in [4.78, 5) is 0. The molecule has 78 valence electrons. The van der Waals surface area contributed by atoms with E-state index in [4.69, 9.17) is 5.73 Å². The quantitative estimate of drug-likeness (QED) is 0.829. The molecule has 0 aliphatic heterocycles. The molecule has 0 bridgehead atoms. The molecule has 15 heavy (non-hydrogen) atoms. The van der Waals surface area contributed by atoms with Gasteiger partial charge >= 0.3 is 0 Å². The van der Waals surface area contributed by atoms with E-state index in [1.807, 2.05) is 5.38 Å². The van der Waals surface area contributed by atoms with Gasteiger partial charge in [0.05, 0.1) is 0 Å². The molecule has 0 radical (unpaired) electrons. The zero-order valence-electron chi connectivity index (χ0n) is 8.09. The Balaban J connectivity index is 2.11. The molecule has 2 aromatic rings. The Kier molecular flexibility index (Phi) is 3.71. The second-order valence-electron chi connectivity index (χ2n) is 3.00. The minimum atomic E-state index is 0.664. The van der Waals surface area contributed by atoms with Gasteiger partial charge in [0.2, 0.25) is 0 Å². The van der Waals surface area contributed by atoms with Gasteiger partial charge in [0.25, 0.3) is 0 Å². The second kappa shape index (κ2) is 5.25. The van der Waals surface area contributed by atoms with E-state index >= 15 is 0 Å². The molecule has 1 heterocycles. The third-order valence-electron chi connectivity index (χ3n) is 2.00. The Labute approximate surface area is 96.9 Å². The predicted octanol–water partition coefficient (Wildman–Crippen LogP) is 2.35. The highest BCUT2D eigenvalue weighted by Crippen LogP contribution is 2.19. The van der Waals surface area contributed by atoms with Crippen LogP contribution in [0, 0.1) is 0 Å². The normalized spacial score (nSPS) is 10.5. The first-order chi connectivity index (χ1) is 7.40. The van der Waals surface area contributed by atoms with Crippen LogP contribution in [0.4, 0.5) is 0 Å². The predicted molar refractivity (Wildman–Crippen MR) is 65.7 cm³/mol. The smallest absolute Gasteiger partial charge is 0.105 e. The standard InChI is InChI=1S/C10H11N3S2/c11-7-14-5-8-1-3-9(4-2-8)10-6-15-13-12-10/h1-4,6H,5,7,11H2. The van der Waals surface area contributed by atoms with Crippen molar-refractivity contribution >= 4 is 23.3 Å². The molecule has 1 aromatic carbocycles. The molecule has 2 rings (SSSR count). The molecule has 3 nitrogen and oxygen atoms in total. The van der Waals surface area contributed by atoms with E-state index in [0.717, 1.165) is 17.0 Å². The molecule has 0 unspecified atom stereocenters. The lowest BCUT2D eigenvalue weighted by atomic mass is 10.1. The average Bonchev–Trinajstić information content (AvgIpc) is 2.80. The lowest BCUT2D eigenvalue weighted by Crippen LogP contribution is -1.93. The van der Waals surface area contributed by atoms with E-state index in [2.05, 4.69) is 33.9 Å². The average molecular weight is 237 g/mol. The maximum atomic E-state index is 5.43. The van der Waals surface area contributed by atoms with Gasteiger partial charge in [-0.1, -0.05) is 28.8 Å². The van der Waals surface area contributed by atoms with Crippen LogP contribution in [-0.2, 0) is 5.75 Å². The van der Waals surface area contributed by atoms with Crippen LogP contribution in [0.5, 0.6) is 0 Å². The van der Waals surface area contributed by atoms with Crippen molar-refractivity contribution in [3.05, 3.63) is 35.2 Å². The van der Waals surface area contributed by atoms with Gasteiger partial charge in [-0.15, -0.1) is 16.9 Å². The number of thioether (sulfide) groups is 1. The Morgan fingerprint density at radius 3 is 2.67 bits per heavy atom. The van der Waals surface area contributed by atoms with Crippen LogP contribution in [0.1, 0.15) is 5.56 Å². The number of hydrogen-bond donors (Lipinski definition) is 1. The van der Waals surface area contributed by atoms with Crippen LogP contribution >= 0.6 is 23.3 Å². The van der Waals surface area contributed by atoms with Gasteiger partial charge < -0.3 is 5.73 Å². The highest BCUT2D eigenvalue weighted by atomic mass is 32.2. The Morgan fingerprint density at radius 2 is 2.07 bits per heavy atom. The van der Waals surface area contributed by atoms with Crippen LogP contribution in [0.25, 0.3) is 11.3 Å². The molecule has 0 aliphatic carbocycles. The lowest BCUT2D eigenvalue weighted by molar-refractivity contribution is 1.16. The highest BCUT2D eigenvalue weighted by Gasteiger charge is 2.00. The first-order valence-corrected chi connectivity index (χ1v) is 6.53. The van der Waals surface area contributed by atoms with Crippen molar-refractivity contribution in [1.82, 2.24) is 9.59 Å². The third-order valence-corrected chi connectivity index (χ3v) is 3.27. The Hall–Kier alpha value is -0.910. The highest BCUT2D eigenvalue weighted by molar-refractivity contribution is 7.98. The third kappa shape index (κ3) is 2.77. The van der Waals surface area contributed by atoms with E-state index in [9.17, 15) is 0 Å². The molecule has 5 heteroatoms. The molecule has 1 aromatic heterocycles. The summed E-state index contributed by atoms with van der Waals surface area (Å²) in [6.45, 7) is 0. The molecule has 0 saturated carbocycles. The molecular weight excluding hydrogens is 226 g/mol. The Morgan fingerprint density at radius 1 is 1.27 bits per heavy atom. The molecule has 0 saturated heterocycles. The summed E-state index contributed by atoms with van der Waals surface area (Å²) in [5, 5.41) is 5.97. The van der Waals surface area contributed by atoms with Crippen LogP contribution < -0.4 is 5.73 Å². The summed E-state index contributed by atoms with van der Waals surface area (Å²) in [7, 11) is 0. The van der Waals surface area contributed by atoms with Crippen molar-refractivity contribution in [3.63, 3.8) is 0 Å². The van der Waals surface area contributed by atoms with Gasteiger partial charge in [-0.2, -0.15) is 0 Å². The molecule has 0 aliphatic rings. The number of aromatic nitrogens is 2. The first kappa shape index (κ1) is 10.6. The molecule has 0 fully saturated rings. The van der Waals surface area contributed by atoms with E-state index in [1.165, 1.54) is 17.1 Å². The molecule has 0 spiro atoms. The zero-order chi connectivity index (χ0) is 10.5. The zero-order valence-corrected chi connectivity index (χ0v) is 9.72.